The third-order valence-electron chi connectivity index (χ3n) is 10.2. The minimum absolute atomic E-state index is 0.166. The molecular formula is C40H38N2O2. The molecule has 2 aliphatic heterocycles. The van der Waals surface area contributed by atoms with E-state index in [2.05, 4.69) is 124 Å². The van der Waals surface area contributed by atoms with Gasteiger partial charge in [0.05, 0.1) is 5.57 Å². The molecule has 0 saturated heterocycles. The number of benzene rings is 3. The Bertz CT molecular complexity index is 1790. The average molecular weight is 579 g/mol. The molecule has 0 N–H and O–H groups in total. The van der Waals surface area contributed by atoms with E-state index in [9.17, 15) is 9.59 Å². The van der Waals surface area contributed by atoms with Crippen LogP contribution in [0, 0.1) is 0 Å². The third kappa shape index (κ3) is 3.97. The number of carbonyl (C=O) groups excluding carboxylic acids is 2. The maximum absolute atomic E-state index is 13.8. The lowest BCUT2D eigenvalue weighted by atomic mass is 9.83. The number of carbonyl (C=O) groups is 2. The summed E-state index contributed by atoms with van der Waals surface area (Å²) in [5, 5.41) is 0. The van der Waals surface area contributed by atoms with Gasteiger partial charge in [-0.2, -0.15) is 0 Å². The van der Waals surface area contributed by atoms with E-state index < -0.39 is 0 Å². The number of anilines is 2. The molecule has 0 bridgehead atoms. The SMILES string of the molecule is CN1/C(=C/C=C2\CC/C(=C\C=C3\N(C)c4ccccc4C3(C)C)C2=C2C(=O)c3ccccc3C2=O)C(C)(C)c2ccccc21. The number of likely N-dealkylation sites (N-methyl/N-ethyl adjacent to an activating group) is 2. The van der Waals surface area contributed by atoms with Gasteiger partial charge in [0.15, 0.2) is 11.6 Å². The van der Waals surface area contributed by atoms with Gasteiger partial charge in [-0.25, -0.2) is 0 Å². The first-order valence-corrected chi connectivity index (χ1v) is 15.5. The van der Waals surface area contributed by atoms with Gasteiger partial charge < -0.3 is 9.80 Å². The van der Waals surface area contributed by atoms with Gasteiger partial charge >= 0.3 is 0 Å². The van der Waals surface area contributed by atoms with Crippen LogP contribution in [0.5, 0.6) is 0 Å². The zero-order valence-electron chi connectivity index (χ0n) is 26.4. The molecule has 4 heteroatoms. The molecule has 2 heterocycles. The highest BCUT2D eigenvalue weighted by Gasteiger charge is 2.41. The van der Waals surface area contributed by atoms with Crippen LogP contribution in [0.1, 0.15) is 72.4 Å². The zero-order valence-corrected chi connectivity index (χ0v) is 26.4. The lowest BCUT2D eigenvalue weighted by Gasteiger charge is -2.24. The van der Waals surface area contributed by atoms with E-state index in [4.69, 9.17) is 0 Å². The van der Waals surface area contributed by atoms with Crippen LogP contribution in [0.25, 0.3) is 0 Å². The molecule has 1 fully saturated rings. The smallest absolute Gasteiger partial charge is 0.198 e. The Morgan fingerprint density at radius 3 is 1.34 bits per heavy atom. The topological polar surface area (TPSA) is 40.6 Å². The molecule has 220 valence electrons. The van der Waals surface area contributed by atoms with Crippen molar-refractivity contribution < 1.29 is 9.59 Å². The number of para-hydroxylation sites is 2. The Hall–Kier alpha value is -4.70. The zero-order chi connectivity index (χ0) is 31.0. The molecule has 44 heavy (non-hydrogen) atoms. The van der Waals surface area contributed by atoms with Crippen molar-refractivity contribution in [1.82, 2.24) is 0 Å². The van der Waals surface area contributed by atoms with Gasteiger partial charge in [-0.3, -0.25) is 9.59 Å². The first kappa shape index (κ1) is 28.1. The summed E-state index contributed by atoms with van der Waals surface area (Å²) in [5.41, 5.74) is 11.2. The maximum atomic E-state index is 13.8. The Balaban J connectivity index is 1.36. The van der Waals surface area contributed by atoms with E-state index in [0.717, 1.165) is 29.6 Å². The molecule has 1 saturated carbocycles. The van der Waals surface area contributed by atoms with Crippen LogP contribution < -0.4 is 9.80 Å². The highest BCUT2D eigenvalue weighted by atomic mass is 16.2. The van der Waals surface area contributed by atoms with Crippen LogP contribution in [-0.4, -0.2) is 25.7 Å². The van der Waals surface area contributed by atoms with Gasteiger partial charge in [0.1, 0.15) is 0 Å². The van der Waals surface area contributed by atoms with E-state index in [1.54, 1.807) is 12.1 Å². The molecule has 3 aromatic carbocycles. The van der Waals surface area contributed by atoms with Crippen molar-refractivity contribution in [3.05, 3.63) is 153 Å². The molecule has 0 unspecified atom stereocenters. The van der Waals surface area contributed by atoms with E-state index >= 15 is 0 Å². The van der Waals surface area contributed by atoms with Crippen molar-refractivity contribution >= 4 is 22.9 Å². The fourth-order valence-corrected chi connectivity index (χ4v) is 7.82. The van der Waals surface area contributed by atoms with Crippen LogP contribution in [0.15, 0.2) is 131 Å². The molecule has 4 aliphatic rings. The van der Waals surface area contributed by atoms with E-state index in [0.29, 0.717) is 16.7 Å². The summed E-state index contributed by atoms with van der Waals surface area (Å²) in [6.45, 7) is 9.01. The number of rotatable bonds is 2. The minimum atomic E-state index is -0.170. The Morgan fingerprint density at radius 2 is 0.932 bits per heavy atom. The summed E-state index contributed by atoms with van der Waals surface area (Å²) in [4.78, 5) is 32.2. The maximum Gasteiger partial charge on any atom is 0.198 e. The lowest BCUT2D eigenvalue weighted by Crippen LogP contribution is -2.22. The fraction of sp³-hybridized carbons (Fsp3) is 0.250. The van der Waals surface area contributed by atoms with Crippen molar-refractivity contribution in [2.45, 2.75) is 51.4 Å². The van der Waals surface area contributed by atoms with Gasteiger partial charge in [0.2, 0.25) is 0 Å². The Labute approximate surface area is 260 Å². The number of hydrogen-bond acceptors (Lipinski definition) is 4. The summed E-state index contributed by atoms with van der Waals surface area (Å²) >= 11 is 0. The van der Waals surface area contributed by atoms with Gasteiger partial charge in [0.25, 0.3) is 0 Å². The average Bonchev–Trinajstić information content (AvgIpc) is 3.64. The van der Waals surface area contributed by atoms with Gasteiger partial charge in [0, 0.05) is 58.8 Å². The quantitative estimate of drug-likeness (QED) is 0.225. The van der Waals surface area contributed by atoms with Crippen LogP contribution in [0.3, 0.4) is 0 Å². The lowest BCUT2D eigenvalue weighted by molar-refractivity contribution is 0.0987. The molecule has 0 spiro atoms. The minimum Gasteiger partial charge on any atom is -0.347 e. The fourth-order valence-electron chi connectivity index (χ4n) is 7.82. The molecule has 0 atom stereocenters. The van der Waals surface area contributed by atoms with Crippen LogP contribution in [0.2, 0.25) is 0 Å². The van der Waals surface area contributed by atoms with E-state index in [-0.39, 0.29) is 22.4 Å². The first-order valence-electron chi connectivity index (χ1n) is 15.5. The molecule has 2 aliphatic carbocycles. The Kier molecular flexibility index (Phi) is 6.33. The highest BCUT2D eigenvalue weighted by Crippen LogP contribution is 2.49. The second-order valence-electron chi connectivity index (χ2n) is 13.3. The molecule has 4 nitrogen and oxygen atoms in total. The van der Waals surface area contributed by atoms with Gasteiger partial charge in [-0.1, -0.05) is 101 Å². The first-order chi connectivity index (χ1) is 21.0. The summed E-state index contributed by atoms with van der Waals surface area (Å²) < 4.78 is 0. The molecule has 7 rings (SSSR count). The summed E-state index contributed by atoms with van der Waals surface area (Å²) in [6.07, 6.45) is 10.2. The highest BCUT2D eigenvalue weighted by molar-refractivity contribution is 6.40. The number of Topliss-reactive ketones (excluding diaryl/α,β-unsaturated/α-hetero) is 2. The number of fused-ring (bicyclic) bond motifs is 3. The number of ketones is 2. The van der Waals surface area contributed by atoms with Crippen molar-refractivity contribution in [2.24, 2.45) is 0 Å². The molecular weight excluding hydrogens is 540 g/mol. The number of hydrogen-bond donors (Lipinski definition) is 0. The monoisotopic (exact) mass is 578 g/mol. The van der Waals surface area contributed by atoms with E-state index in [1.807, 2.05) is 12.1 Å². The largest absolute Gasteiger partial charge is 0.347 e. The Morgan fingerprint density at radius 1 is 0.545 bits per heavy atom. The normalized spacial score (nSPS) is 23.5. The van der Waals surface area contributed by atoms with Crippen LogP contribution in [-0.2, 0) is 10.8 Å². The molecule has 0 aromatic heterocycles. The summed E-state index contributed by atoms with van der Waals surface area (Å²) in [6, 6.07) is 24.3. The van der Waals surface area contributed by atoms with Crippen molar-refractivity contribution in [3.63, 3.8) is 0 Å². The molecule has 0 radical (unpaired) electrons. The number of nitrogens with zero attached hydrogens (tertiary/aromatic N) is 2. The predicted octanol–water partition coefficient (Wildman–Crippen LogP) is 8.63. The molecule has 0 amide bonds. The standard InChI is InChI=1S/C40H38N2O2/c1-39(2)29-15-9-11-17-31(29)41(5)33(39)23-21-25-19-20-26(35(25)36-37(43)27-13-7-8-14-28(27)38(36)44)22-24-34-40(3,4)30-16-10-12-18-32(30)42(34)6/h7-18,21-24H,19-20H2,1-6H3/b25-21+,26-22+,33-23+,34-24+. The van der Waals surface area contributed by atoms with Crippen molar-refractivity contribution in [1.29, 1.82) is 0 Å². The van der Waals surface area contributed by atoms with Crippen molar-refractivity contribution in [3.8, 4) is 0 Å². The van der Waals surface area contributed by atoms with Crippen LogP contribution >= 0.6 is 0 Å². The van der Waals surface area contributed by atoms with E-state index in [1.165, 1.54) is 33.9 Å². The third-order valence-corrected chi connectivity index (χ3v) is 10.2. The predicted molar refractivity (Wildman–Crippen MR) is 179 cm³/mol. The second-order valence-corrected chi connectivity index (χ2v) is 13.3. The molecule has 3 aromatic rings. The summed E-state index contributed by atoms with van der Waals surface area (Å²) in [5.74, 6) is -0.341. The summed E-state index contributed by atoms with van der Waals surface area (Å²) in [7, 11) is 4.23. The van der Waals surface area contributed by atoms with Gasteiger partial charge in [-0.05, 0) is 65.0 Å². The van der Waals surface area contributed by atoms with Crippen LogP contribution in [0.4, 0.5) is 11.4 Å². The second kappa shape index (κ2) is 9.92. The van der Waals surface area contributed by atoms with Crippen molar-refractivity contribution in [2.75, 3.05) is 23.9 Å². The van der Waals surface area contributed by atoms with Gasteiger partial charge in [-0.15, -0.1) is 0 Å². The number of allylic oxidation sites excluding steroid dienone is 10.